The van der Waals surface area contributed by atoms with Crippen LogP contribution in [-0.4, -0.2) is 37.7 Å². The summed E-state index contributed by atoms with van der Waals surface area (Å²) in [5, 5.41) is 0. The number of carbonyl (C=O) groups excluding carboxylic acids is 3. The van der Waals surface area contributed by atoms with Gasteiger partial charge in [0.15, 0.2) is 0 Å². The van der Waals surface area contributed by atoms with Crippen LogP contribution in [0.1, 0.15) is 17.0 Å². The number of benzene rings is 2. The first-order valence-corrected chi connectivity index (χ1v) is 7.08. The van der Waals surface area contributed by atoms with Crippen LogP contribution in [0.5, 0.6) is 0 Å². The van der Waals surface area contributed by atoms with Gasteiger partial charge >= 0.3 is 6.03 Å². The largest absolute Gasteiger partial charge is 0.352 e. The lowest BCUT2D eigenvalue weighted by atomic mass is 9.90. The predicted octanol–water partition coefficient (Wildman–Crippen LogP) is 2.33. The highest BCUT2D eigenvalue weighted by Gasteiger charge is 2.23. The van der Waals surface area contributed by atoms with E-state index >= 15 is 0 Å². The first kappa shape index (κ1) is 27.9. The van der Waals surface area contributed by atoms with Crippen molar-refractivity contribution >= 4 is 31.1 Å². The van der Waals surface area contributed by atoms with Gasteiger partial charge in [-0.3, -0.25) is 4.79 Å². The topological polar surface area (TPSA) is 141 Å². The molecule has 2 aromatic carbocycles. The van der Waals surface area contributed by atoms with E-state index in [1.807, 2.05) is 67.5 Å². The first-order valence-electron chi connectivity index (χ1n) is 7.08. The highest BCUT2D eigenvalue weighted by Crippen LogP contribution is 2.25. The molecule has 0 spiro atoms. The van der Waals surface area contributed by atoms with Crippen molar-refractivity contribution in [3.8, 4) is 0 Å². The molecule has 0 atom stereocenters. The van der Waals surface area contributed by atoms with Gasteiger partial charge in [-0.1, -0.05) is 60.7 Å². The smallest absolute Gasteiger partial charge is 0.309 e. The number of primary amides is 2. The third-order valence-corrected chi connectivity index (χ3v) is 2.95. The molecule has 0 aliphatic heterocycles. The molecule has 0 bridgehead atoms. The third kappa shape index (κ3) is 10.1. The van der Waals surface area contributed by atoms with Crippen molar-refractivity contribution in [2.75, 3.05) is 14.1 Å². The Balaban J connectivity index is -0.000000587. The average molecular weight is 383 g/mol. The highest BCUT2D eigenvalue weighted by atomic mass is 35.5. The van der Waals surface area contributed by atoms with Gasteiger partial charge in [-0.25, -0.2) is 4.79 Å². The number of nitrogens with zero attached hydrogens (tertiary/aromatic N) is 1. The van der Waals surface area contributed by atoms with Crippen molar-refractivity contribution in [3.63, 3.8) is 0 Å². The maximum Gasteiger partial charge on any atom is 0.309 e. The predicted molar refractivity (Wildman–Crippen MR) is 107 cm³/mol. The van der Waals surface area contributed by atoms with Gasteiger partial charge in [0.1, 0.15) is 6.79 Å². The second-order valence-corrected chi connectivity index (χ2v) is 4.89. The molecule has 0 aromatic heterocycles. The maximum atomic E-state index is 12.4. The summed E-state index contributed by atoms with van der Waals surface area (Å²) in [6, 6.07) is 19.0. The van der Waals surface area contributed by atoms with Gasteiger partial charge in [-0.15, -0.1) is 12.4 Å². The maximum absolute atomic E-state index is 12.4. The molecular formula is C18H27ClN4O3. The van der Waals surface area contributed by atoms with Gasteiger partial charge in [0.2, 0.25) is 5.91 Å². The van der Waals surface area contributed by atoms with E-state index in [1.54, 1.807) is 19.0 Å². The summed E-state index contributed by atoms with van der Waals surface area (Å²) in [6.07, 6.45) is 0. The number of hydrogen-bond acceptors (Lipinski definition) is 4. The molecule has 0 aliphatic carbocycles. The van der Waals surface area contributed by atoms with E-state index in [-0.39, 0.29) is 30.4 Å². The molecule has 0 fully saturated rings. The molecule has 26 heavy (non-hydrogen) atoms. The lowest BCUT2D eigenvalue weighted by Gasteiger charge is -2.21. The number of rotatable bonds is 3. The molecule has 0 aliphatic rings. The molecular weight excluding hydrogens is 356 g/mol. The number of likely N-dealkylation sites (N-methyl/N-ethyl adjacent to an activating group) is 1. The van der Waals surface area contributed by atoms with Crippen LogP contribution in [0.4, 0.5) is 4.79 Å². The molecule has 2 rings (SSSR count). The summed E-state index contributed by atoms with van der Waals surface area (Å²) >= 11 is 0. The Bertz CT molecular complexity index is 581. The summed E-state index contributed by atoms with van der Waals surface area (Å²) < 4.78 is 0. The highest BCUT2D eigenvalue weighted by molar-refractivity contribution is 5.86. The molecule has 7 nitrogen and oxygen atoms in total. The summed E-state index contributed by atoms with van der Waals surface area (Å²) in [5.41, 5.74) is 10.6. The minimum atomic E-state index is -0.833. The van der Waals surface area contributed by atoms with Crippen molar-refractivity contribution < 1.29 is 14.4 Å². The van der Waals surface area contributed by atoms with Crippen LogP contribution in [0, 0.1) is 0 Å². The van der Waals surface area contributed by atoms with Crippen molar-refractivity contribution in [1.82, 2.24) is 11.1 Å². The zero-order valence-corrected chi connectivity index (χ0v) is 15.8. The third-order valence-electron chi connectivity index (χ3n) is 2.95. The van der Waals surface area contributed by atoms with E-state index in [4.69, 9.17) is 9.59 Å². The minimum Gasteiger partial charge on any atom is -0.352 e. The Hall–Kier alpha value is -2.90. The Morgan fingerprint density at radius 2 is 1.12 bits per heavy atom. The Morgan fingerprint density at radius 3 is 1.35 bits per heavy atom. The second-order valence-electron chi connectivity index (χ2n) is 4.89. The molecule has 0 unspecified atom stereocenters. The van der Waals surface area contributed by atoms with Crippen molar-refractivity contribution in [3.05, 3.63) is 71.8 Å². The molecule has 0 heterocycles. The van der Waals surface area contributed by atoms with E-state index in [1.165, 1.54) is 0 Å². The van der Waals surface area contributed by atoms with E-state index in [2.05, 4.69) is 11.5 Å². The van der Waals surface area contributed by atoms with Crippen LogP contribution in [0.3, 0.4) is 0 Å². The van der Waals surface area contributed by atoms with Gasteiger partial charge in [0.05, 0.1) is 5.92 Å². The van der Waals surface area contributed by atoms with E-state index in [9.17, 15) is 4.79 Å². The SMILES string of the molecule is C=O.CN(C)C(=O)C(c1ccccc1)c1ccccc1.Cl.N.NC(N)=O. The van der Waals surface area contributed by atoms with Crippen LogP contribution in [0.2, 0.25) is 0 Å². The van der Waals surface area contributed by atoms with Gasteiger partial charge < -0.3 is 27.3 Å². The molecule has 0 saturated heterocycles. The Morgan fingerprint density at radius 1 is 0.846 bits per heavy atom. The lowest BCUT2D eigenvalue weighted by molar-refractivity contribution is -0.129. The number of hydrogen-bond donors (Lipinski definition) is 3. The molecule has 144 valence electrons. The van der Waals surface area contributed by atoms with Gasteiger partial charge in [-0.05, 0) is 11.1 Å². The second kappa shape index (κ2) is 15.6. The summed E-state index contributed by atoms with van der Waals surface area (Å²) in [7, 11) is 3.59. The summed E-state index contributed by atoms with van der Waals surface area (Å²) in [4.78, 5) is 31.0. The van der Waals surface area contributed by atoms with Crippen LogP contribution >= 0.6 is 12.4 Å². The number of urea groups is 1. The van der Waals surface area contributed by atoms with Crippen LogP contribution in [0.15, 0.2) is 60.7 Å². The van der Waals surface area contributed by atoms with Gasteiger partial charge in [0.25, 0.3) is 0 Å². The fourth-order valence-corrected chi connectivity index (χ4v) is 2.03. The Labute approximate surface area is 160 Å². The zero-order chi connectivity index (χ0) is 18.5. The number of nitrogens with two attached hydrogens (primary N) is 2. The van der Waals surface area contributed by atoms with Crippen molar-refractivity contribution in [2.24, 2.45) is 11.5 Å². The minimum absolute atomic E-state index is 0. The quantitative estimate of drug-likeness (QED) is 0.748. The molecule has 3 amide bonds. The summed E-state index contributed by atoms with van der Waals surface area (Å²) in [6.45, 7) is 2.00. The molecule has 2 aromatic rings. The molecule has 8 heteroatoms. The van der Waals surface area contributed by atoms with Gasteiger partial charge in [-0.2, -0.15) is 0 Å². The monoisotopic (exact) mass is 382 g/mol. The number of halogens is 1. The van der Waals surface area contributed by atoms with E-state index in [0.29, 0.717) is 0 Å². The van der Waals surface area contributed by atoms with Crippen molar-refractivity contribution in [2.45, 2.75) is 5.92 Å². The van der Waals surface area contributed by atoms with E-state index < -0.39 is 6.03 Å². The number of carbonyl (C=O) groups is 3. The molecule has 7 N–H and O–H groups in total. The molecule has 0 radical (unpaired) electrons. The lowest BCUT2D eigenvalue weighted by Crippen LogP contribution is -2.28. The first-order chi connectivity index (χ1) is 11.4. The van der Waals surface area contributed by atoms with Crippen LogP contribution < -0.4 is 17.6 Å². The number of amides is 3. The fraction of sp³-hybridized carbons (Fsp3) is 0.167. The Kier molecular flexibility index (Phi) is 16.8. The summed E-state index contributed by atoms with van der Waals surface area (Å²) in [5.74, 6) is -0.116. The normalized spacial score (nSPS) is 8.27. The fourth-order valence-electron chi connectivity index (χ4n) is 2.03. The average Bonchev–Trinajstić information content (AvgIpc) is 2.58. The standard InChI is InChI=1S/C16H17NO.CH4N2O.CH2O.ClH.H3N/c1-17(2)16(18)15(13-9-5-3-6-10-13)14-11-7-4-8-12-14;2-1(3)4;1-2;;/h3-12,15H,1-2H3;(H4,2,3,4);1H2;1H;1H3. The van der Waals surface area contributed by atoms with Crippen LogP contribution in [-0.2, 0) is 9.59 Å². The van der Waals surface area contributed by atoms with Crippen LogP contribution in [0.25, 0.3) is 0 Å². The molecule has 0 saturated carbocycles. The van der Waals surface area contributed by atoms with Crippen molar-refractivity contribution in [1.29, 1.82) is 0 Å². The van der Waals surface area contributed by atoms with Gasteiger partial charge in [0, 0.05) is 14.1 Å². The zero-order valence-electron chi connectivity index (χ0n) is 15.0. The van der Waals surface area contributed by atoms with E-state index in [0.717, 1.165) is 11.1 Å².